The van der Waals surface area contributed by atoms with Crippen molar-refractivity contribution < 1.29 is 19.2 Å². The van der Waals surface area contributed by atoms with Gasteiger partial charge in [0.1, 0.15) is 0 Å². The van der Waals surface area contributed by atoms with Crippen LogP contribution in [0.15, 0.2) is 65.3 Å². The minimum absolute atomic E-state index is 0.0443. The number of rotatable bonds is 6. The first-order valence-electron chi connectivity index (χ1n) is 9.79. The van der Waals surface area contributed by atoms with Crippen LogP contribution in [-0.2, 0) is 0 Å². The van der Waals surface area contributed by atoms with E-state index in [2.05, 4.69) is 22.0 Å². The summed E-state index contributed by atoms with van der Waals surface area (Å²) in [6, 6.07) is 11.1. The van der Waals surface area contributed by atoms with Crippen LogP contribution < -0.4 is 10.1 Å². The predicted octanol–water partition coefficient (Wildman–Crippen LogP) is 4.79. The molecule has 4 rings (SSSR count). The summed E-state index contributed by atoms with van der Waals surface area (Å²) in [7, 11) is 1.47. The summed E-state index contributed by atoms with van der Waals surface area (Å²) in [5.41, 5.74) is 2.63. The van der Waals surface area contributed by atoms with Crippen molar-refractivity contribution in [2.24, 2.45) is 0 Å². The number of phenolic OH excluding ortho intramolecular Hbond substituents is 1. The molecular weight excluding hydrogens is 432 g/mol. The number of phenols is 1. The number of carbonyl (C=O) groups excluding carboxylic acids is 1. The zero-order valence-corrected chi connectivity index (χ0v) is 18.3. The number of urea groups is 1. The minimum Gasteiger partial charge on any atom is -0.504 e. The predicted molar refractivity (Wildman–Crippen MR) is 120 cm³/mol. The van der Waals surface area contributed by atoms with Gasteiger partial charge in [-0.2, -0.15) is 4.98 Å². The van der Waals surface area contributed by atoms with Crippen LogP contribution in [0.3, 0.4) is 0 Å². The zero-order valence-electron chi connectivity index (χ0n) is 17.5. The second-order valence-electron chi connectivity index (χ2n) is 7.14. The van der Waals surface area contributed by atoms with Crippen LogP contribution >= 0.6 is 11.6 Å². The molecule has 0 bridgehead atoms. The molecule has 0 aliphatic carbocycles. The maximum Gasteiger partial charge on any atom is 0.322 e. The molecule has 0 radical (unpaired) electrons. The maximum absolute atomic E-state index is 12.8. The monoisotopic (exact) mass is 452 g/mol. The number of benzene rings is 2. The molecule has 0 saturated heterocycles. The van der Waals surface area contributed by atoms with Crippen LogP contribution in [0.1, 0.15) is 24.4 Å². The second-order valence-corrected chi connectivity index (χ2v) is 7.58. The van der Waals surface area contributed by atoms with Gasteiger partial charge in [-0.05, 0) is 48.9 Å². The summed E-state index contributed by atoms with van der Waals surface area (Å²) in [6.07, 6.45) is 1.63. The number of aromatic nitrogens is 2. The zero-order chi connectivity index (χ0) is 22.8. The van der Waals surface area contributed by atoms with Gasteiger partial charge in [-0.3, -0.25) is 4.90 Å². The highest BCUT2D eigenvalue weighted by Gasteiger charge is 2.35. The fraction of sp³-hybridized carbons (Fsp3) is 0.174. The van der Waals surface area contributed by atoms with Gasteiger partial charge in [0.2, 0.25) is 5.82 Å². The average molecular weight is 453 g/mol. The van der Waals surface area contributed by atoms with Gasteiger partial charge in [-0.1, -0.05) is 28.9 Å². The fourth-order valence-electron chi connectivity index (χ4n) is 3.59. The molecule has 0 saturated carbocycles. The Morgan fingerprint density at radius 1 is 1.31 bits per heavy atom. The highest BCUT2D eigenvalue weighted by Crippen LogP contribution is 2.39. The normalized spacial score (nSPS) is 16.2. The van der Waals surface area contributed by atoms with Crippen LogP contribution in [0.5, 0.6) is 11.5 Å². The van der Waals surface area contributed by atoms with E-state index >= 15 is 0 Å². The van der Waals surface area contributed by atoms with E-state index in [9.17, 15) is 9.90 Å². The molecule has 8 nitrogen and oxygen atoms in total. The molecular formula is C23H21ClN4O4. The lowest BCUT2D eigenvalue weighted by Gasteiger charge is -2.34. The number of hydrogen-bond donors (Lipinski definition) is 2. The molecule has 164 valence electrons. The first kappa shape index (κ1) is 21.5. The lowest BCUT2D eigenvalue weighted by Crippen LogP contribution is -2.46. The molecule has 2 amide bonds. The lowest BCUT2D eigenvalue weighted by molar-refractivity contribution is 0.209. The largest absolute Gasteiger partial charge is 0.504 e. The van der Waals surface area contributed by atoms with E-state index in [1.165, 1.54) is 18.1 Å². The highest BCUT2D eigenvalue weighted by molar-refractivity contribution is 6.30. The number of allylic oxidation sites excluding steroid dienone is 1. The fourth-order valence-corrected chi connectivity index (χ4v) is 3.72. The summed E-state index contributed by atoms with van der Waals surface area (Å²) in [4.78, 5) is 18.9. The minimum atomic E-state index is -0.626. The maximum atomic E-state index is 12.8. The van der Waals surface area contributed by atoms with Gasteiger partial charge < -0.3 is 19.7 Å². The van der Waals surface area contributed by atoms with Crippen LogP contribution in [0.25, 0.3) is 17.0 Å². The molecule has 2 heterocycles. The van der Waals surface area contributed by atoms with Gasteiger partial charge in [0.15, 0.2) is 11.5 Å². The van der Waals surface area contributed by atoms with Crippen molar-refractivity contribution in [1.82, 2.24) is 20.4 Å². The summed E-state index contributed by atoms with van der Waals surface area (Å²) < 4.78 is 10.7. The van der Waals surface area contributed by atoms with E-state index in [0.29, 0.717) is 40.0 Å². The number of methoxy groups -OCH3 is 1. The third-order valence-electron chi connectivity index (χ3n) is 5.20. The first-order valence-corrected chi connectivity index (χ1v) is 10.2. The van der Waals surface area contributed by atoms with Crippen LogP contribution in [0, 0.1) is 0 Å². The number of amides is 2. The van der Waals surface area contributed by atoms with Gasteiger partial charge >= 0.3 is 6.03 Å². The molecule has 32 heavy (non-hydrogen) atoms. The van der Waals surface area contributed by atoms with Crippen LogP contribution in [0.2, 0.25) is 5.02 Å². The topological polar surface area (TPSA) is 101 Å². The van der Waals surface area contributed by atoms with E-state index in [1.54, 1.807) is 49.4 Å². The van der Waals surface area contributed by atoms with Gasteiger partial charge in [0.25, 0.3) is 5.89 Å². The number of nitrogens with zero attached hydrogens (tertiary/aromatic N) is 3. The highest BCUT2D eigenvalue weighted by atomic mass is 35.5. The van der Waals surface area contributed by atoms with Crippen LogP contribution in [0.4, 0.5) is 4.79 Å². The number of carbonyl (C=O) groups is 1. The van der Waals surface area contributed by atoms with Crippen molar-refractivity contribution in [3.8, 4) is 22.9 Å². The molecule has 1 atom stereocenters. The van der Waals surface area contributed by atoms with Gasteiger partial charge in [0.05, 0.1) is 18.7 Å². The molecule has 1 aromatic heterocycles. The Morgan fingerprint density at radius 2 is 2.06 bits per heavy atom. The molecule has 0 fully saturated rings. The molecule has 1 aliphatic heterocycles. The van der Waals surface area contributed by atoms with Gasteiger partial charge in [0, 0.05) is 22.8 Å². The number of nitrogens with one attached hydrogen (secondary N) is 1. The van der Waals surface area contributed by atoms with E-state index in [4.69, 9.17) is 20.9 Å². The molecule has 1 unspecified atom stereocenters. The summed E-state index contributed by atoms with van der Waals surface area (Å²) >= 11 is 5.97. The van der Waals surface area contributed by atoms with E-state index < -0.39 is 6.04 Å². The molecule has 0 spiro atoms. The Morgan fingerprint density at radius 3 is 2.72 bits per heavy atom. The lowest BCUT2D eigenvalue weighted by atomic mass is 9.94. The van der Waals surface area contributed by atoms with Crippen molar-refractivity contribution in [2.75, 3.05) is 13.7 Å². The average Bonchev–Trinajstić information content (AvgIpc) is 3.26. The third kappa shape index (κ3) is 3.92. The smallest absolute Gasteiger partial charge is 0.322 e. The first-order chi connectivity index (χ1) is 15.4. The quantitative estimate of drug-likeness (QED) is 0.521. The third-order valence-corrected chi connectivity index (χ3v) is 5.46. The second kappa shape index (κ2) is 8.76. The molecule has 1 aliphatic rings. The Kier molecular flexibility index (Phi) is 5.87. The molecule has 9 heteroatoms. The SMILES string of the molecule is C=CCN1C(=O)NC(c2ccc(OC)c(O)c2)C(c2nc(-c3ccc(Cl)cc3)no2)=C1C. The molecule has 2 N–H and O–H groups in total. The van der Waals surface area contributed by atoms with Crippen molar-refractivity contribution in [3.05, 3.63) is 77.3 Å². The van der Waals surface area contributed by atoms with Crippen molar-refractivity contribution in [2.45, 2.75) is 13.0 Å². The van der Waals surface area contributed by atoms with E-state index in [0.717, 1.165) is 5.56 Å². The molecule has 2 aromatic carbocycles. The Balaban J connectivity index is 1.82. The van der Waals surface area contributed by atoms with Gasteiger partial charge in [-0.25, -0.2) is 4.79 Å². The summed E-state index contributed by atoms with van der Waals surface area (Å²) in [5, 5.41) is 17.9. The Labute approximate surface area is 189 Å². The molecule has 3 aromatic rings. The number of aromatic hydroxyl groups is 1. The van der Waals surface area contributed by atoms with Crippen molar-refractivity contribution >= 4 is 23.2 Å². The van der Waals surface area contributed by atoms with Crippen LogP contribution in [-0.4, -0.2) is 39.8 Å². The van der Waals surface area contributed by atoms with Gasteiger partial charge in [-0.15, -0.1) is 6.58 Å². The Hall–Kier alpha value is -3.78. The summed E-state index contributed by atoms with van der Waals surface area (Å²) in [5.74, 6) is 0.925. The number of halogens is 1. The van der Waals surface area contributed by atoms with E-state index in [1.807, 2.05) is 0 Å². The number of ether oxygens (including phenoxy) is 1. The summed E-state index contributed by atoms with van der Waals surface area (Å²) in [6.45, 7) is 5.84. The standard InChI is InChI=1S/C23H21ClN4O4/c1-4-11-28-13(2)19(22-26-21(27-32-22)14-5-8-16(24)9-6-14)20(25-23(28)30)15-7-10-18(31-3)17(29)12-15/h4-10,12,20,29H,1,11H2,2-3H3,(H,25,30). The Bertz CT molecular complexity index is 1200. The van der Waals surface area contributed by atoms with Crippen molar-refractivity contribution in [1.29, 1.82) is 0 Å². The van der Waals surface area contributed by atoms with E-state index in [-0.39, 0.29) is 17.7 Å². The number of hydrogen-bond acceptors (Lipinski definition) is 6. The van der Waals surface area contributed by atoms with Crippen molar-refractivity contribution in [3.63, 3.8) is 0 Å².